The number of nitrogens with zero attached hydrogens (tertiary/aromatic N) is 2. The first-order chi connectivity index (χ1) is 16.3. The van der Waals surface area contributed by atoms with E-state index in [9.17, 15) is 14.7 Å². The van der Waals surface area contributed by atoms with Crippen molar-refractivity contribution in [2.75, 3.05) is 30.4 Å². The van der Waals surface area contributed by atoms with E-state index in [0.29, 0.717) is 18.8 Å². The van der Waals surface area contributed by atoms with E-state index in [-0.39, 0.29) is 27.8 Å². The second kappa shape index (κ2) is 10.0. The van der Waals surface area contributed by atoms with Crippen molar-refractivity contribution in [3.05, 3.63) is 94.0 Å². The second-order valence-corrected chi connectivity index (χ2v) is 8.88. The highest BCUT2D eigenvalue weighted by Crippen LogP contribution is 2.41. The quantitative estimate of drug-likeness (QED) is 0.449. The fourth-order valence-corrected chi connectivity index (χ4v) is 4.24. The average molecular weight is 499 g/mol. The van der Waals surface area contributed by atoms with Crippen molar-refractivity contribution in [2.45, 2.75) is 12.3 Å². The van der Waals surface area contributed by atoms with E-state index in [1.165, 1.54) is 18.2 Å². The van der Waals surface area contributed by atoms with Crippen molar-refractivity contribution in [1.29, 1.82) is 0 Å². The van der Waals surface area contributed by atoms with Gasteiger partial charge in [-0.1, -0.05) is 71.7 Å². The lowest BCUT2D eigenvalue weighted by Crippen LogP contribution is -2.63. The first-order valence-corrected chi connectivity index (χ1v) is 11.4. The lowest BCUT2D eigenvalue weighted by atomic mass is 9.95. The van der Waals surface area contributed by atoms with Crippen LogP contribution in [0.5, 0.6) is 0 Å². The number of aliphatic hydroxyl groups is 1. The minimum atomic E-state index is -2.30. The maximum atomic E-state index is 13.4. The van der Waals surface area contributed by atoms with Gasteiger partial charge in [0.15, 0.2) is 0 Å². The van der Waals surface area contributed by atoms with Gasteiger partial charge in [-0.3, -0.25) is 9.69 Å². The first-order valence-electron chi connectivity index (χ1n) is 10.7. The highest BCUT2D eigenvalue weighted by Gasteiger charge is 2.51. The minimum absolute atomic E-state index is 0.191. The smallest absolute Gasteiger partial charge is 0.329 e. The second-order valence-electron chi connectivity index (χ2n) is 8.06. The third-order valence-corrected chi connectivity index (χ3v) is 6.36. The summed E-state index contributed by atoms with van der Waals surface area (Å²) in [5.74, 6) is -0.728. The third-order valence-electron chi connectivity index (χ3n) is 5.62. The normalized spacial score (nSPS) is 17.3. The van der Waals surface area contributed by atoms with Crippen molar-refractivity contribution in [1.82, 2.24) is 10.2 Å². The van der Waals surface area contributed by atoms with Crippen LogP contribution in [-0.4, -0.2) is 42.1 Å². The Hall–Kier alpha value is -3.10. The molecule has 3 amide bonds. The number of urea groups is 1. The average Bonchev–Trinajstić information content (AvgIpc) is 2.82. The number of amides is 3. The Morgan fingerprint density at radius 2 is 1.76 bits per heavy atom. The van der Waals surface area contributed by atoms with Crippen molar-refractivity contribution in [3.8, 4) is 0 Å². The van der Waals surface area contributed by atoms with Gasteiger partial charge < -0.3 is 20.6 Å². The molecule has 1 aliphatic heterocycles. The number of rotatable bonds is 7. The molecule has 3 aromatic rings. The SMILES string of the molecule is CN(CCNC(=O)[C@@]1(O)c2ccccc2NC(=O)N1c1ccc(Cl)c(Cl)c1)Cc1ccccc1. The molecule has 0 aliphatic carbocycles. The molecule has 3 N–H and O–H groups in total. The van der Waals surface area contributed by atoms with E-state index in [1.54, 1.807) is 24.3 Å². The molecule has 0 aromatic heterocycles. The summed E-state index contributed by atoms with van der Waals surface area (Å²) in [6, 6.07) is 20.4. The topological polar surface area (TPSA) is 84.9 Å². The molecule has 4 rings (SSSR count). The van der Waals surface area contributed by atoms with E-state index in [1.807, 2.05) is 37.4 Å². The summed E-state index contributed by atoms with van der Waals surface area (Å²) in [6.07, 6.45) is 0. The molecule has 0 saturated carbocycles. The fourth-order valence-electron chi connectivity index (χ4n) is 3.94. The zero-order chi connectivity index (χ0) is 24.3. The largest absolute Gasteiger partial charge is 0.359 e. The number of carbonyl (C=O) groups is 2. The van der Waals surface area contributed by atoms with Crippen LogP contribution in [0, 0.1) is 0 Å². The molecule has 1 aliphatic rings. The van der Waals surface area contributed by atoms with Crippen LogP contribution in [0.4, 0.5) is 16.2 Å². The minimum Gasteiger partial charge on any atom is -0.359 e. The van der Waals surface area contributed by atoms with Gasteiger partial charge in [0, 0.05) is 25.2 Å². The standard InChI is InChI=1S/C25H24Cl2N4O3/c1-30(16-17-7-3-2-4-8-17)14-13-28-23(32)25(34)19-9-5-6-10-22(19)29-24(33)31(25)18-11-12-20(26)21(27)15-18/h2-12,15,34H,13-14,16H2,1H3,(H,28,32)(H,29,33)/t25-/m0/s1. The number of benzene rings is 3. The molecule has 1 atom stereocenters. The van der Waals surface area contributed by atoms with Crippen molar-refractivity contribution >= 4 is 46.5 Å². The summed E-state index contributed by atoms with van der Waals surface area (Å²) in [6.45, 7) is 1.52. The van der Waals surface area contributed by atoms with Crippen molar-refractivity contribution < 1.29 is 14.7 Å². The summed E-state index contributed by atoms with van der Waals surface area (Å²) in [5, 5.41) is 17.8. The molecule has 3 aromatic carbocycles. The van der Waals surface area contributed by atoms with Crippen molar-refractivity contribution in [3.63, 3.8) is 0 Å². The van der Waals surface area contributed by atoms with Crippen LogP contribution >= 0.6 is 23.2 Å². The number of likely N-dealkylation sites (N-methyl/N-ethyl adjacent to an activating group) is 1. The fraction of sp³-hybridized carbons (Fsp3) is 0.200. The molecule has 176 valence electrons. The van der Waals surface area contributed by atoms with Crippen LogP contribution < -0.4 is 15.5 Å². The van der Waals surface area contributed by atoms with Crippen LogP contribution in [0.1, 0.15) is 11.1 Å². The summed E-state index contributed by atoms with van der Waals surface area (Å²) < 4.78 is 0. The molecule has 0 bridgehead atoms. The third kappa shape index (κ3) is 4.74. The molecule has 9 heteroatoms. The van der Waals surface area contributed by atoms with Crippen LogP contribution in [0.3, 0.4) is 0 Å². The summed E-state index contributed by atoms with van der Waals surface area (Å²) in [7, 11) is 1.94. The van der Waals surface area contributed by atoms with Crippen molar-refractivity contribution in [2.24, 2.45) is 0 Å². The number of fused-ring (bicyclic) bond motifs is 1. The van der Waals surface area contributed by atoms with Crippen LogP contribution in [0.2, 0.25) is 10.0 Å². The summed E-state index contributed by atoms with van der Waals surface area (Å²) in [5.41, 5.74) is -0.328. The van der Waals surface area contributed by atoms with Gasteiger partial charge in [-0.05, 0) is 36.9 Å². The number of anilines is 2. The predicted octanol–water partition coefficient (Wildman–Crippen LogP) is 4.44. The van der Waals surface area contributed by atoms with Crippen LogP contribution in [0.15, 0.2) is 72.8 Å². The Morgan fingerprint density at radius 1 is 1.06 bits per heavy atom. The molecule has 0 radical (unpaired) electrons. The summed E-state index contributed by atoms with van der Waals surface area (Å²) in [4.78, 5) is 29.5. The maximum Gasteiger partial charge on any atom is 0.329 e. The first kappa shape index (κ1) is 24.0. The van der Waals surface area contributed by atoms with E-state index in [2.05, 4.69) is 15.5 Å². The van der Waals surface area contributed by atoms with Gasteiger partial charge in [-0.15, -0.1) is 0 Å². The Bertz CT molecular complexity index is 1210. The Kier molecular flexibility index (Phi) is 7.09. The molecule has 0 spiro atoms. The number of hydrogen-bond donors (Lipinski definition) is 3. The highest BCUT2D eigenvalue weighted by molar-refractivity contribution is 6.42. The Labute approximate surface area is 207 Å². The Morgan fingerprint density at radius 3 is 2.50 bits per heavy atom. The van der Waals surface area contributed by atoms with Crippen LogP contribution in [-0.2, 0) is 17.1 Å². The lowest BCUT2D eigenvalue weighted by molar-refractivity contribution is -0.140. The van der Waals surface area contributed by atoms with E-state index >= 15 is 0 Å². The van der Waals surface area contributed by atoms with Crippen LogP contribution in [0.25, 0.3) is 0 Å². The Balaban J connectivity index is 1.58. The monoisotopic (exact) mass is 498 g/mol. The predicted molar refractivity (Wildman–Crippen MR) is 134 cm³/mol. The molecule has 1 heterocycles. The van der Waals surface area contributed by atoms with Gasteiger partial charge in [0.25, 0.3) is 11.6 Å². The van der Waals surface area contributed by atoms with Gasteiger partial charge in [-0.25, -0.2) is 4.79 Å². The van der Waals surface area contributed by atoms with Gasteiger partial charge >= 0.3 is 6.03 Å². The van der Waals surface area contributed by atoms with E-state index < -0.39 is 17.7 Å². The number of nitrogens with one attached hydrogen (secondary N) is 2. The summed E-state index contributed by atoms with van der Waals surface area (Å²) >= 11 is 12.2. The highest BCUT2D eigenvalue weighted by atomic mass is 35.5. The number of para-hydroxylation sites is 1. The molecule has 0 unspecified atom stereocenters. The molecule has 0 fully saturated rings. The van der Waals surface area contributed by atoms with E-state index in [4.69, 9.17) is 23.2 Å². The number of halogens is 2. The zero-order valence-electron chi connectivity index (χ0n) is 18.5. The molecular weight excluding hydrogens is 475 g/mol. The lowest BCUT2D eigenvalue weighted by Gasteiger charge is -2.42. The molecule has 0 saturated heterocycles. The maximum absolute atomic E-state index is 13.4. The van der Waals surface area contributed by atoms with Gasteiger partial charge in [0.2, 0.25) is 0 Å². The molecule has 34 heavy (non-hydrogen) atoms. The van der Waals surface area contributed by atoms with Gasteiger partial charge in [-0.2, -0.15) is 0 Å². The number of carbonyl (C=O) groups excluding carboxylic acids is 2. The van der Waals surface area contributed by atoms with Gasteiger partial charge in [0.05, 0.1) is 21.4 Å². The van der Waals surface area contributed by atoms with Gasteiger partial charge in [0.1, 0.15) is 0 Å². The number of hydrogen-bond acceptors (Lipinski definition) is 4. The molecule has 7 nitrogen and oxygen atoms in total. The zero-order valence-corrected chi connectivity index (χ0v) is 20.0. The molecular formula is C25H24Cl2N4O3. The van der Waals surface area contributed by atoms with E-state index in [0.717, 1.165) is 10.5 Å².